The van der Waals surface area contributed by atoms with Crippen molar-refractivity contribution in [3.63, 3.8) is 0 Å². The molecule has 1 heterocycles. The van der Waals surface area contributed by atoms with Crippen LogP contribution in [0.5, 0.6) is 5.75 Å². The SMILES string of the molecule is C=N\C=N/C=C(C)/C=C/C1=NC(=C\c2ccc(O)cc2)/C(=O)N1CCCCl. The highest BCUT2D eigenvalue weighted by Crippen LogP contribution is 2.21. The first kappa shape index (κ1) is 20.3. The third kappa shape index (κ3) is 6.04. The van der Waals surface area contributed by atoms with Crippen molar-refractivity contribution < 1.29 is 9.90 Å². The zero-order chi connectivity index (χ0) is 19.6. The Bertz CT molecular complexity index is 836. The van der Waals surface area contributed by atoms with Crippen LogP contribution in [0, 0.1) is 0 Å². The average molecular weight is 385 g/mol. The Morgan fingerprint density at radius 1 is 1.37 bits per heavy atom. The molecule has 0 unspecified atom stereocenters. The number of carbonyl (C=O) groups is 1. The third-order valence-corrected chi connectivity index (χ3v) is 3.88. The highest BCUT2D eigenvalue weighted by Gasteiger charge is 2.28. The first-order valence-corrected chi connectivity index (χ1v) is 8.88. The summed E-state index contributed by atoms with van der Waals surface area (Å²) in [5.74, 6) is 0.999. The quantitative estimate of drug-likeness (QED) is 0.243. The van der Waals surface area contributed by atoms with E-state index in [4.69, 9.17) is 11.6 Å². The Morgan fingerprint density at radius 2 is 2.11 bits per heavy atom. The van der Waals surface area contributed by atoms with E-state index in [0.717, 1.165) is 11.1 Å². The fourth-order valence-corrected chi connectivity index (χ4v) is 2.42. The van der Waals surface area contributed by atoms with Crippen LogP contribution < -0.4 is 0 Å². The summed E-state index contributed by atoms with van der Waals surface area (Å²) >= 11 is 5.78. The molecule has 0 atom stereocenters. The maximum atomic E-state index is 12.7. The number of hydrogen-bond acceptors (Lipinski definition) is 4. The van der Waals surface area contributed by atoms with Gasteiger partial charge in [0.15, 0.2) is 0 Å². The van der Waals surface area contributed by atoms with Gasteiger partial charge in [0.05, 0.1) is 0 Å². The zero-order valence-electron chi connectivity index (χ0n) is 15.0. The van der Waals surface area contributed by atoms with Gasteiger partial charge in [-0.3, -0.25) is 14.7 Å². The van der Waals surface area contributed by atoms with Gasteiger partial charge in [-0.05, 0) is 55.5 Å². The largest absolute Gasteiger partial charge is 0.508 e. The standard InChI is InChI=1S/C20H21ClN4O2/c1-15(13-23-14-22-2)4-9-19-24-18(20(27)25(19)11-3-10-21)12-16-5-7-17(26)8-6-16/h4-9,12-14,26H,2-3,10-11H2,1H3/b9-4+,15-13+,18-12-,23-14-. The monoisotopic (exact) mass is 384 g/mol. The second kappa shape index (κ2) is 10.2. The number of hydrogen-bond donors (Lipinski definition) is 1. The third-order valence-electron chi connectivity index (χ3n) is 3.61. The van der Waals surface area contributed by atoms with Crippen molar-refractivity contribution in [2.24, 2.45) is 15.0 Å². The molecular weight excluding hydrogens is 364 g/mol. The number of phenols is 1. The molecule has 6 nitrogen and oxygen atoms in total. The Morgan fingerprint density at radius 3 is 2.78 bits per heavy atom. The lowest BCUT2D eigenvalue weighted by Gasteiger charge is -2.15. The summed E-state index contributed by atoms with van der Waals surface area (Å²) in [6.45, 7) is 5.69. The normalized spacial score (nSPS) is 16.7. The Balaban J connectivity index is 2.28. The van der Waals surface area contributed by atoms with Crippen LogP contribution in [0.25, 0.3) is 6.08 Å². The van der Waals surface area contributed by atoms with Crippen molar-refractivity contribution in [1.29, 1.82) is 0 Å². The molecule has 0 bridgehead atoms. The summed E-state index contributed by atoms with van der Waals surface area (Å²) in [6, 6.07) is 6.57. The fourth-order valence-electron chi connectivity index (χ4n) is 2.30. The van der Waals surface area contributed by atoms with E-state index >= 15 is 0 Å². The van der Waals surface area contributed by atoms with E-state index in [0.29, 0.717) is 30.4 Å². The van der Waals surface area contributed by atoms with Crippen LogP contribution in [0.15, 0.2) is 68.9 Å². The average Bonchev–Trinajstić information content (AvgIpc) is 2.95. The first-order chi connectivity index (χ1) is 13.0. The number of aromatic hydroxyl groups is 1. The minimum absolute atomic E-state index is 0.169. The van der Waals surface area contributed by atoms with E-state index in [1.807, 2.05) is 13.0 Å². The summed E-state index contributed by atoms with van der Waals surface area (Å²) in [5, 5.41) is 9.38. The van der Waals surface area contributed by atoms with Crippen LogP contribution >= 0.6 is 11.6 Å². The summed E-state index contributed by atoms with van der Waals surface area (Å²) in [7, 11) is 0. The molecule has 1 amide bonds. The van der Waals surface area contributed by atoms with Crippen molar-refractivity contribution in [1.82, 2.24) is 4.90 Å². The number of amidine groups is 1. The maximum absolute atomic E-state index is 12.7. The Hall–Kier alpha value is -2.99. The Labute approximate surface area is 163 Å². The van der Waals surface area contributed by atoms with E-state index in [-0.39, 0.29) is 11.7 Å². The molecule has 0 spiro atoms. The molecular formula is C20H21ClN4O2. The molecule has 0 radical (unpaired) electrons. The van der Waals surface area contributed by atoms with Gasteiger partial charge in [0.1, 0.15) is 23.6 Å². The predicted molar refractivity (Wildman–Crippen MR) is 112 cm³/mol. The number of allylic oxidation sites excluding steroid dienone is 2. The molecule has 140 valence electrons. The molecule has 27 heavy (non-hydrogen) atoms. The smallest absolute Gasteiger partial charge is 0.278 e. The minimum Gasteiger partial charge on any atom is -0.508 e. The van der Waals surface area contributed by atoms with Crippen molar-refractivity contribution in [3.8, 4) is 5.75 Å². The van der Waals surface area contributed by atoms with E-state index in [1.165, 1.54) is 6.34 Å². The fraction of sp³-hybridized carbons (Fsp3) is 0.200. The van der Waals surface area contributed by atoms with E-state index in [1.54, 1.807) is 47.5 Å². The van der Waals surface area contributed by atoms with Gasteiger partial charge in [0.25, 0.3) is 5.91 Å². The van der Waals surface area contributed by atoms with Crippen LogP contribution in [0.3, 0.4) is 0 Å². The van der Waals surface area contributed by atoms with Gasteiger partial charge < -0.3 is 5.11 Å². The topological polar surface area (TPSA) is 77.6 Å². The van der Waals surface area contributed by atoms with Gasteiger partial charge in [0.2, 0.25) is 0 Å². The zero-order valence-corrected chi connectivity index (χ0v) is 15.8. The number of amides is 1. The molecule has 0 fully saturated rings. The second-order valence-electron chi connectivity index (χ2n) is 5.74. The number of rotatable bonds is 8. The number of nitrogens with zero attached hydrogens (tertiary/aromatic N) is 4. The summed E-state index contributed by atoms with van der Waals surface area (Å²) in [4.78, 5) is 26.3. The van der Waals surface area contributed by atoms with Crippen LogP contribution in [-0.2, 0) is 4.79 Å². The van der Waals surface area contributed by atoms with Gasteiger partial charge in [0, 0.05) is 18.6 Å². The molecule has 1 aromatic carbocycles. The highest BCUT2D eigenvalue weighted by molar-refractivity contribution is 6.18. The van der Waals surface area contributed by atoms with Gasteiger partial charge in [-0.25, -0.2) is 9.98 Å². The minimum atomic E-state index is -0.177. The van der Waals surface area contributed by atoms with Gasteiger partial charge >= 0.3 is 0 Å². The molecule has 0 saturated heterocycles. The molecule has 1 aromatic rings. The van der Waals surface area contributed by atoms with Gasteiger partial charge in [-0.1, -0.05) is 18.2 Å². The van der Waals surface area contributed by atoms with Crippen LogP contribution in [0.2, 0.25) is 0 Å². The van der Waals surface area contributed by atoms with Gasteiger partial charge in [-0.15, -0.1) is 11.6 Å². The lowest BCUT2D eigenvalue weighted by molar-refractivity contribution is -0.122. The molecule has 1 aliphatic heterocycles. The van der Waals surface area contributed by atoms with Gasteiger partial charge in [-0.2, -0.15) is 0 Å². The predicted octanol–water partition coefficient (Wildman–Crippen LogP) is 3.79. The van der Waals surface area contributed by atoms with E-state index in [9.17, 15) is 9.90 Å². The lowest BCUT2D eigenvalue weighted by Crippen LogP contribution is -2.32. The molecule has 7 heteroatoms. The summed E-state index contributed by atoms with van der Waals surface area (Å²) in [6.07, 6.45) is 8.93. The number of aliphatic imine (C=N–C) groups is 3. The lowest BCUT2D eigenvalue weighted by atomic mass is 10.2. The van der Waals surface area contributed by atoms with Crippen molar-refractivity contribution in [2.45, 2.75) is 13.3 Å². The van der Waals surface area contributed by atoms with Crippen LogP contribution in [-0.4, -0.2) is 47.2 Å². The molecule has 2 rings (SSSR count). The highest BCUT2D eigenvalue weighted by atomic mass is 35.5. The molecule has 1 aliphatic rings. The van der Waals surface area contributed by atoms with E-state index in [2.05, 4.69) is 21.7 Å². The number of benzene rings is 1. The van der Waals surface area contributed by atoms with Crippen LogP contribution in [0.4, 0.5) is 0 Å². The summed E-state index contributed by atoms with van der Waals surface area (Å²) < 4.78 is 0. The Kier molecular flexibility index (Phi) is 7.70. The maximum Gasteiger partial charge on any atom is 0.278 e. The van der Waals surface area contributed by atoms with Crippen molar-refractivity contribution in [3.05, 3.63) is 59.5 Å². The number of phenolic OH excluding ortho intramolecular Hbond substituents is 1. The van der Waals surface area contributed by atoms with E-state index < -0.39 is 0 Å². The molecule has 0 aliphatic carbocycles. The number of carbonyl (C=O) groups excluding carboxylic acids is 1. The van der Waals surface area contributed by atoms with Crippen molar-refractivity contribution in [2.75, 3.05) is 12.4 Å². The van der Waals surface area contributed by atoms with Crippen molar-refractivity contribution >= 4 is 42.5 Å². The first-order valence-electron chi connectivity index (χ1n) is 8.34. The number of alkyl halides is 1. The summed E-state index contributed by atoms with van der Waals surface area (Å²) in [5.41, 5.74) is 1.99. The molecule has 0 aromatic heterocycles. The molecule has 0 saturated carbocycles. The second-order valence-corrected chi connectivity index (χ2v) is 6.12. The number of halogens is 1. The molecule has 1 N–H and O–H groups in total. The van der Waals surface area contributed by atoms with Crippen LogP contribution in [0.1, 0.15) is 18.9 Å².